The number of hydrogen-bond acceptors (Lipinski definition) is 2. The molecule has 1 aliphatic rings. The third kappa shape index (κ3) is 2.47. The fourth-order valence-electron chi connectivity index (χ4n) is 3.06. The Hall–Kier alpha value is -1.02. The maximum atomic E-state index is 10.0. The number of likely N-dealkylation sites (tertiary alicyclic amines) is 1. The molecule has 0 radical (unpaired) electrons. The number of nitrogens with zero attached hydrogens (tertiary/aromatic N) is 1. The Bertz CT molecular complexity index is 402. The lowest BCUT2D eigenvalue weighted by atomic mass is 10.0. The first-order valence-electron chi connectivity index (χ1n) is 6.54. The van der Waals surface area contributed by atoms with Gasteiger partial charge < -0.3 is 5.11 Å². The minimum atomic E-state index is 0.301. The lowest BCUT2D eigenvalue weighted by Crippen LogP contribution is -2.30. The first-order valence-corrected chi connectivity index (χ1v) is 6.54. The second kappa shape index (κ2) is 4.69. The molecule has 2 heteroatoms. The lowest BCUT2D eigenvalue weighted by Gasteiger charge is -2.29. The molecule has 1 aromatic rings. The van der Waals surface area contributed by atoms with E-state index in [2.05, 4.69) is 37.8 Å². The minimum absolute atomic E-state index is 0.301. The van der Waals surface area contributed by atoms with Crippen molar-refractivity contribution in [1.29, 1.82) is 0 Å². The molecular weight excluding hydrogens is 210 g/mol. The van der Waals surface area contributed by atoms with E-state index in [9.17, 15) is 5.11 Å². The van der Waals surface area contributed by atoms with E-state index in [1.807, 2.05) is 13.0 Å². The van der Waals surface area contributed by atoms with Gasteiger partial charge in [-0.2, -0.15) is 0 Å². The van der Waals surface area contributed by atoms with E-state index in [-0.39, 0.29) is 0 Å². The molecule has 0 aliphatic carbocycles. The van der Waals surface area contributed by atoms with Gasteiger partial charge in [0, 0.05) is 24.2 Å². The largest absolute Gasteiger partial charge is 0.508 e. The predicted molar refractivity (Wildman–Crippen MR) is 71.2 cm³/mol. The summed E-state index contributed by atoms with van der Waals surface area (Å²) >= 11 is 0. The van der Waals surface area contributed by atoms with Gasteiger partial charge in [0.15, 0.2) is 0 Å². The molecule has 1 saturated heterocycles. The van der Waals surface area contributed by atoms with Crippen LogP contribution >= 0.6 is 0 Å². The van der Waals surface area contributed by atoms with Crippen molar-refractivity contribution in [3.8, 4) is 5.75 Å². The molecule has 0 saturated carbocycles. The number of benzene rings is 1. The van der Waals surface area contributed by atoms with E-state index in [1.165, 1.54) is 6.42 Å². The lowest BCUT2D eigenvalue weighted by molar-refractivity contribution is 0.198. The molecule has 1 N–H and O–H groups in total. The van der Waals surface area contributed by atoms with E-state index in [0.717, 1.165) is 23.6 Å². The summed E-state index contributed by atoms with van der Waals surface area (Å²) < 4.78 is 0. The summed E-state index contributed by atoms with van der Waals surface area (Å²) in [4.78, 5) is 2.50. The average molecular weight is 233 g/mol. The summed E-state index contributed by atoms with van der Waals surface area (Å²) in [6, 6.07) is 6.91. The first kappa shape index (κ1) is 12.4. The Morgan fingerprint density at radius 3 is 2.59 bits per heavy atom. The summed E-state index contributed by atoms with van der Waals surface area (Å²) in [7, 11) is 0. The second-order valence-electron chi connectivity index (χ2n) is 5.62. The highest BCUT2D eigenvalue weighted by Gasteiger charge is 2.31. The van der Waals surface area contributed by atoms with Crippen LogP contribution < -0.4 is 0 Å². The topological polar surface area (TPSA) is 23.5 Å². The SMILES string of the molecule is Cc1ccc(C(C)N2CC(C)CC2C)c(O)c1. The molecule has 0 spiro atoms. The van der Waals surface area contributed by atoms with Crippen LogP contribution in [-0.4, -0.2) is 22.6 Å². The molecule has 1 fully saturated rings. The second-order valence-corrected chi connectivity index (χ2v) is 5.62. The maximum Gasteiger partial charge on any atom is 0.120 e. The fraction of sp³-hybridized carbons (Fsp3) is 0.600. The van der Waals surface area contributed by atoms with Crippen LogP contribution in [-0.2, 0) is 0 Å². The molecule has 0 bridgehead atoms. The highest BCUT2D eigenvalue weighted by molar-refractivity contribution is 5.38. The highest BCUT2D eigenvalue weighted by Crippen LogP contribution is 2.35. The summed E-state index contributed by atoms with van der Waals surface area (Å²) in [6.07, 6.45) is 1.26. The monoisotopic (exact) mass is 233 g/mol. The van der Waals surface area contributed by atoms with Crippen molar-refractivity contribution >= 4 is 0 Å². The molecule has 1 aliphatic heterocycles. The fourth-order valence-corrected chi connectivity index (χ4v) is 3.06. The van der Waals surface area contributed by atoms with Gasteiger partial charge in [0.05, 0.1) is 0 Å². The van der Waals surface area contributed by atoms with E-state index in [1.54, 1.807) is 0 Å². The van der Waals surface area contributed by atoms with Gasteiger partial charge in [-0.15, -0.1) is 0 Å². The van der Waals surface area contributed by atoms with Gasteiger partial charge >= 0.3 is 0 Å². The van der Waals surface area contributed by atoms with Crippen molar-refractivity contribution in [2.24, 2.45) is 5.92 Å². The van der Waals surface area contributed by atoms with Crippen molar-refractivity contribution in [1.82, 2.24) is 4.90 Å². The predicted octanol–water partition coefficient (Wildman–Crippen LogP) is 3.49. The number of hydrogen-bond donors (Lipinski definition) is 1. The van der Waals surface area contributed by atoms with Crippen LogP contribution in [0.1, 0.15) is 44.4 Å². The van der Waals surface area contributed by atoms with Crippen LogP contribution in [0.2, 0.25) is 0 Å². The zero-order valence-corrected chi connectivity index (χ0v) is 11.3. The Kier molecular flexibility index (Phi) is 3.43. The summed E-state index contributed by atoms with van der Waals surface area (Å²) in [5.74, 6) is 1.20. The Labute approximate surface area is 104 Å². The molecule has 2 nitrogen and oxygen atoms in total. The minimum Gasteiger partial charge on any atom is -0.508 e. The van der Waals surface area contributed by atoms with E-state index < -0.39 is 0 Å². The van der Waals surface area contributed by atoms with Crippen LogP contribution in [0.5, 0.6) is 5.75 Å². The molecule has 94 valence electrons. The smallest absolute Gasteiger partial charge is 0.120 e. The van der Waals surface area contributed by atoms with E-state index >= 15 is 0 Å². The van der Waals surface area contributed by atoms with Crippen molar-refractivity contribution in [2.75, 3.05) is 6.54 Å². The summed E-state index contributed by atoms with van der Waals surface area (Å²) in [6.45, 7) is 9.92. The van der Waals surface area contributed by atoms with E-state index in [4.69, 9.17) is 0 Å². The number of aryl methyl sites for hydroxylation is 1. The standard InChI is InChI=1S/C15H23NO/c1-10-5-6-14(15(17)8-10)13(4)16-9-11(2)7-12(16)3/h5-6,8,11-13,17H,7,9H2,1-4H3. The maximum absolute atomic E-state index is 10.0. The molecule has 17 heavy (non-hydrogen) atoms. The molecule has 2 rings (SSSR count). The Morgan fingerprint density at radius 2 is 2.06 bits per heavy atom. The molecule has 0 aromatic heterocycles. The van der Waals surface area contributed by atoms with Crippen molar-refractivity contribution < 1.29 is 5.11 Å². The van der Waals surface area contributed by atoms with Gasteiger partial charge in [0.25, 0.3) is 0 Å². The van der Waals surface area contributed by atoms with Crippen LogP contribution in [0.15, 0.2) is 18.2 Å². The van der Waals surface area contributed by atoms with E-state index in [0.29, 0.717) is 17.8 Å². The van der Waals surface area contributed by atoms with Crippen molar-refractivity contribution in [3.63, 3.8) is 0 Å². The van der Waals surface area contributed by atoms with Crippen molar-refractivity contribution in [3.05, 3.63) is 29.3 Å². The molecule has 3 atom stereocenters. The Morgan fingerprint density at radius 1 is 1.35 bits per heavy atom. The van der Waals surface area contributed by atoms with Gasteiger partial charge in [0.2, 0.25) is 0 Å². The number of rotatable bonds is 2. The third-order valence-electron chi connectivity index (χ3n) is 3.97. The number of aromatic hydroxyl groups is 1. The van der Waals surface area contributed by atoms with Crippen LogP contribution in [0.25, 0.3) is 0 Å². The first-order chi connectivity index (χ1) is 7.99. The highest BCUT2D eigenvalue weighted by atomic mass is 16.3. The quantitative estimate of drug-likeness (QED) is 0.845. The summed E-state index contributed by atoms with van der Waals surface area (Å²) in [5, 5.41) is 10.0. The third-order valence-corrected chi connectivity index (χ3v) is 3.97. The van der Waals surface area contributed by atoms with Gasteiger partial charge in [0.1, 0.15) is 5.75 Å². The van der Waals surface area contributed by atoms with Crippen molar-refractivity contribution in [2.45, 2.75) is 46.2 Å². The molecule has 1 aromatic carbocycles. The Balaban J connectivity index is 2.22. The molecular formula is C15H23NO. The zero-order chi connectivity index (χ0) is 12.6. The summed E-state index contributed by atoms with van der Waals surface area (Å²) in [5.41, 5.74) is 2.16. The van der Waals surface area contributed by atoms with Crippen LogP contribution in [0.4, 0.5) is 0 Å². The number of phenols is 1. The van der Waals surface area contributed by atoms with Crippen LogP contribution in [0, 0.1) is 12.8 Å². The number of phenolic OH excluding ortho intramolecular Hbond substituents is 1. The zero-order valence-electron chi connectivity index (χ0n) is 11.3. The normalized spacial score (nSPS) is 27.3. The van der Waals surface area contributed by atoms with Gasteiger partial charge in [-0.1, -0.05) is 19.1 Å². The van der Waals surface area contributed by atoms with Gasteiger partial charge in [-0.3, -0.25) is 4.90 Å². The van der Waals surface area contributed by atoms with Gasteiger partial charge in [-0.25, -0.2) is 0 Å². The van der Waals surface area contributed by atoms with Gasteiger partial charge in [-0.05, 0) is 44.7 Å². The molecule has 3 unspecified atom stereocenters. The molecule has 0 amide bonds. The average Bonchev–Trinajstić information content (AvgIpc) is 2.57. The molecule has 1 heterocycles. The van der Waals surface area contributed by atoms with Crippen LogP contribution in [0.3, 0.4) is 0 Å².